The summed E-state index contributed by atoms with van der Waals surface area (Å²) in [7, 11) is 2.19. The lowest BCUT2D eigenvalue weighted by Crippen LogP contribution is -2.47. The van der Waals surface area contributed by atoms with Crippen molar-refractivity contribution in [2.75, 3.05) is 38.5 Å². The fourth-order valence-electron chi connectivity index (χ4n) is 3.25. The number of piperazine rings is 1. The molecule has 1 fully saturated rings. The largest absolute Gasteiger partial charge is 0.478 e. The summed E-state index contributed by atoms with van der Waals surface area (Å²) in [6.45, 7) is 6.47. The average Bonchev–Trinajstić information content (AvgIpc) is 3.09. The number of aliphatic carboxylic acids is 2. The first-order valence-electron chi connectivity index (χ1n) is 10.0. The van der Waals surface area contributed by atoms with Gasteiger partial charge >= 0.3 is 11.9 Å². The summed E-state index contributed by atoms with van der Waals surface area (Å²) in [6, 6.07) is 10.6. The number of benzene rings is 1. The summed E-state index contributed by atoms with van der Waals surface area (Å²) in [5, 5.41) is 20.5. The van der Waals surface area contributed by atoms with Crippen LogP contribution in [-0.4, -0.2) is 71.0 Å². The van der Waals surface area contributed by atoms with E-state index in [0.717, 1.165) is 49.8 Å². The van der Waals surface area contributed by atoms with E-state index in [4.69, 9.17) is 15.2 Å². The summed E-state index contributed by atoms with van der Waals surface area (Å²) in [4.78, 5) is 30.4. The summed E-state index contributed by atoms with van der Waals surface area (Å²) in [5.74, 6) is -1.39. The van der Waals surface area contributed by atoms with Gasteiger partial charge in [-0.1, -0.05) is 19.1 Å². The maximum Gasteiger partial charge on any atom is 0.328 e. The number of para-hydroxylation sites is 2. The van der Waals surface area contributed by atoms with Gasteiger partial charge in [-0.05, 0) is 31.7 Å². The number of nitrogens with zero attached hydrogens (tertiary/aromatic N) is 3. The molecule has 0 atom stereocenters. The highest BCUT2D eigenvalue weighted by atomic mass is 32.1. The van der Waals surface area contributed by atoms with Crippen LogP contribution in [0.15, 0.2) is 47.5 Å². The van der Waals surface area contributed by atoms with Crippen molar-refractivity contribution in [3.05, 3.63) is 52.9 Å². The number of hydrogen-bond donors (Lipinski definition) is 3. The van der Waals surface area contributed by atoms with Crippen molar-refractivity contribution in [2.24, 2.45) is 4.99 Å². The minimum absolute atomic E-state index is 0.558. The lowest BCUT2D eigenvalue weighted by atomic mass is 10.2. The molecule has 1 aromatic heterocycles. The minimum Gasteiger partial charge on any atom is -0.478 e. The molecule has 1 aromatic carbocycles. The summed E-state index contributed by atoms with van der Waals surface area (Å²) >= 11 is 1.85. The molecule has 8 nitrogen and oxygen atoms in total. The third-order valence-corrected chi connectivity index (χ3v) is 6.12. The molecule has 4 rings (SSSR count). The van der Waals surface area contributed by atoms with Crippen molar-refractivity contribution in [2.45, 2.75) is 13.3 Å². The van der Waals surface area contributed by atoms with E-state index < -0.39 is 11.9 Å². The highest BCUT2D eigenvalue weighted by Gasteiger charge is 2.25. The molecule has 1 saturated heterocycles. The topological polar surface area (TPSA) is 105 Å². The van der Waals surface area contributed by atoms with E-state index in [1.807, 2.05) is 11.3 Å². The van der Waals surface area contributed by atoms with E-state index in [9.17, 15) is 9.59 Å². The molecule has 0 saturated carbocycles. The normalized spacial score (nSPS) is 15.7. The molecule has 0 amide bonds. The van der Waals surface area contributed by atoms with Gasteiger partial charge in [0.05, 0.1) is 16.9 Å². The van der Waals surface area contributed by atoms with E-state index in [-0.39, 0.29) is 0 Å². The van der Waals surface area contributed by atoms with Crippen LogP contribution >= 0.6 is 11.3 Å². The van der Waals surface area contributed by atoms with Crippen LogP contribution in [0.3, 0.4) is 0 Å². The zero-order valence-electron chi connectivity index (χ0n) is 17.5. The van der Waals surface area contributed by atoms with E-state index in [2.05, 4.69) is 59.4 Å². The zero-order chi connectivity index (χ0) is 22.4. The van der Waals surface area contributed by atoms with Crippen molar-refractivity contribution >= 4 is 45.5 Å². The highest BCUT2D eigenvalue weighted by molar-refractivity contribution is 7.16. The van der Waals surface area contributed by atoms with Gasteiger partial charge in [0.15, 0.2) is 0 Å². The third kappa shape index (κ3) is 5.93. The van der Waals surface area contributed by atoms with Crippen LogP contribution in [0.1, 0.15) is 17.4 Å². The summed E-state index contributed by atoms with van der Waals surface area (Å²) in [6.07, 6.45) is 2.18. The number of aliphatic imine (C=N–C) groups is 1. The number of anilines is 2. The standard InChI is InChI=1S/C18H22N4S.C4H4O4/c1-3-13-12-14-17(22-10-8-21(2)9-11-22)19-15-6-4-5-7-16(15)20-18(14)23-13;5-3(6)1-2-4(7)8/h4-7,12,20H,3,8-11H2,1-2H3;1-2H,(H,5,6)(H,7,8)/b;2-1+. The van der Waals surface area contributed by atoms with Gasteiger partial charge < -0.3 is 25.3 Å². The van der Waals surface area contributed by atoms with Gasteiger partial charge in [-0.15, -0.1) is 11.3 Å². The van der Waals surface area contributed by atoms with Crippen molar-refractivity contribution < 1.29 is 19.8 Å². The Kier molecular flexibility index (Phi) is 7.43. The van der Waals surface area contributed by atoms with E-state index in [1.54, 1.807) is 0 Å². The Bertz CT molecular complexity index is 991. The Labute approximate surface area is 185 Å². The van der Waals surface area contributed by atoms with Crippen molar-refractivity contribution in [1.29, 1.82) is 0 Å². The lowest BCUT2D eigenvalue weighted by Gasteiger charge is -2.34. The summed E-state index contributed by atoms with van der Waals surface area (Å²) in [5.41, 5.74) is 3.39. The number of amidine groups is 1. The van der Waals surface area contributed by atoms with Crippen molar-refractivity contribution in [3.8, 4) is 0 Å². The molecular formula is C22H26N4O4S. The zero-order valence-corrected chi connectivity index (χ0v) is 18.4. The number of carboxylic acid groups (broad SMARTS) is 2. The second-order valence-electron chi connectivity index (χ2n) is 7.19. The molecule has 0 bridgehead atoms. The molecule has 0 unspecified atom stereocenters. The fraction of sp³-hybridized carbons (Fsp3) is 0.318. The second-order valence-corrected chi connectivity index (χ2v) is 8.32. The van der Waals surface area contributed by atoms with Crippen LogP contribution in [0.4, 0.5) is 16.4 Å². The number of rotatable bonds is 3. The molecule has 3 N–H and O–H groups in total. The molecule has 0 spiro atoms. The van der Waals surface area contributed by atoms with Gasteiger partial charge in [0.2, 0.25) is 0 Å². The van der Waals surface area contributed by atoms with Gasteiger partial charge in [-0.2, -0.15) is 0 Å². The molecule has 0 aliphatic carbocycles. The molecule has 2 aliphatic rings. The number of hydrogen-bond acceptors (Lipinski definition) is 7. The van der Waals surface area contributed by atoms with Gasteiger partial charge in [0.1, 0.15) is 10.8 Å². The van der Waals surface area contributed by atoms with Gasteiger partial charge in [-0.25, -0.2) is 14.6 Å². The van der Waals surface area contributed by atoms with E-state index in [0.29, 0.717) is 12.2 Å². The SMILES string of the molecule is CCc1cc2c(s1)Nc1ccccc1N=C2N1CCN(C)CC1.O=C(O)/C=C/C(=O)O. The number of carbonyl (C=O) groups is 2. The Morgan fingerprint density at radius 2 is 1.77 bits per heavy atom. The average molecular weight is 443 g/mol. The Hall–Kier alpha value is -3.17. The number of nitrogens with one attached hydrogen (secondary N) is 1. The van der Waals surface area contributed by atoms with Gasteiger partial charge in [-0.3, -0.25) is 0 Å². The quantitative estimate of drug-likeness (QED) is 0.626. The molecule has 2 aliphatic heterocycles. The number of likely N-dealkylation sites (N-methyl/N-ethyl adjacent to an activating group) is 1. The smallest absolute Gasteiger partial charge is 0.328 e. The second kappa shape index (κ2) is 10.2. The number of thiophene rings is 1. The predicted octanol–water partition coefficient (Wildman–Crippen LogP) is 3.41. The first-order chi connectivity index (χ1) is 14.9. The summed E-state index contributed by atoms with van der Waals surface area (Å²) < 4.78 is 0. The number of fused-ring (bicyclic) bond motifs is 2. The third-order valence-electron chi connectivity index (χ3n) is 4.92. The maximum absolute atomic E-state index is 9.55. The van der Waals surface area contributed by atoms with Gasteiger partial charge in [0, 0.05) is 43.2 Å². The highest BCUT2D eigenvalue weighted by Crippen LogP contribution is 2.39. The van der Waals surface area contributed by atoms with Crippen LogP contribution in [0, 0.1) is 0 Å². The van der Waals surface area contributed by atoms with E-state index >= 15 is 0 Å². The lowest BCUT2D eigenvalue weighted by molar-refractivity contribution is -0.134. The Balaban J connectivity index is 0.000000293. The van der Waals surface area contributed by atoms with E-state index in [1.165, 1.54) is 15.4 Å². The molecule has 9 heteroatoms. The van der Waals surface area contributed by atoms with Crippen LogP contribution in [0.5, 0.6) is 0 Å². The first-order valence-corrected chi connectivity index (χ1v) is 10.8. The predicted molar refractivity (Wildman–Crippen MR) is 123 cm³/mol. The minimum atomic E-state index is -1.26. The van der Waals surface area contributed by atoms with Crippen LogP contribution in [0.25, 0.3) is 0 Å². The number of carboxylic acids is 2. The van der Waals surface area contributed by atoms with Crippen LogP contribution < -0.4 is 5.32 Å². The Morgan fingerprint density at radius 3 is 2.39 bits per heavy atom. The molecule has 3 heterocycles. The monoisotopic (exact) mass is 442 g/mol. The molecule has 31 heavy (non-hydrogen) atoms. The molecule has 2 aromatic rings. The van der Waals surface area contributed by atoms with Crippen LogP contribution in [-0.2, 0) is 16.0 Å². The molecular weight excluding hydrogens is 416 g/mol. The van der Waals surface area contributed by atoms with Crippen molar-refractivity contribution in [3.63, 3.8) is 0 Å². The maximum atomic E-state index is 9.55. The van der Waals surface area contributed by atoms with Crippen LogP contribution in [0.2, 0.25) is 0 Å². The first kappa shape index (κ1) is 22.5. The number of aryl methyl sites for hydroxylation is 1. The Morgan fingerprint density at radius 1 is 1.13 bits per heavy atom. The fourth-order valence-corrected chi connectivity index (χ4v) is 4.26. The van der Waals surface area contributed by atoms with Gasteiger partial charge in [0.25, 0.3) is 0 Å². The molecule has 0 radical (unpaired) electrons. The van der Waals surface area contributed by atoms with Crippen molar-refractivity contribution in [1.82, 2.24) is 9.80 Å². The molecule has 164 valence electrons.